The van der Waals surface area contributed by atoms with Gasteiger partial charge in [-0.25, -0.2) is 0 Å². The zero-order valence-corrected chi connectivity index (χ0v) is 14.6. The number of rotatable bonds is 0. The summed E-state index contributed by atoms with van der Waals surface area (Å²) in [5.74, 6) is 0.892. The maximum absolute atomic E-state index is 12.6. The van der Waals surface area contributed by atoms with Gasteiger partial charge in [0.05, 0.1) is 0 Å². The molecule has 122 valence electrons. The molecular formula is C19H32BNO. The Balaban J connectivity index is 1.91. The van der Waals surface area contributed by atoms with Crippen molar-refractivity contribution < 1.29 is 4.79 Å². The molecule has 3 heteroatoms. The molecule has 3 rings (SSSR count). The third kappa shape index (κ3) is 3.38. The van der Waals surface area contributed by atoms with E-state index in [0.29, 0.717) is 16.7 Å². The summed E-state index contributed by atoms with van der Waals surface area (Å²) in [6, 6.07) is 0. The van der Waals surface area contributed by atoms with Crippen LogP contribution >= 0.6 is 0 Å². The molecule has 1 aliphatic heterocycles. The molecule has 4 atom stereocenters. The average molecular weight is 301 g/mol. The second kappa shape index (κ2) is 6.21. The number of hydrogen-bond acceptors (Lipinski definition) is 1. The summed E-state index contributed by atoms with van der Waals surface area (Å²) in [4.78, 5) is 14.1. The highest BCUT2D eigenvalue weighted by Crippen LogP contribution is 2.50. The highest BCUT2D eigenvalue weighted by Gasteiger charge is 2.45. The molecule has 1 heterocycles. The number of hydrogen-bond donors (Lipinski definition) is 0. The van der Waals surface area contributed by atoms with Crippen LogP contribution in [0.1, 0.15) is 84.5 Å². The van der Waals surface area contributed by atoms with Crippen LogP contribution in [0.5, 0.6) is 0 Å². The smallest absolute Gasteiger partial charge is 0.230 e. The SMILES string of the molecule is [B]N1CC2CC3(C)CCCCCCC(C)(CCC3)CC2C1=O. The molecule has 2 bridgehead atoms. The fraction of sp³-hybridized carbons (Fsp3) is 0.947. The van der Waals surface area contributed by atoms with Crippen LogP contribution in [0.25, 0.3) is 0 Å². The van der Waals surface area contributed by atoms with Gasteiger partial charge in [0, 0.05) is 12.5 Å². The van der Waals surface area contributed by atoms with Crippen molar-refractivity contribution in [3.05, 3.63) is 0 Å². The molecule has 22 heavy (non-hydrogen) atoms. The molecule has 0 N–H and O–H groups in total. The average Bonchev–Trinajstić information content (AvgIpc) is 2.69. The van der Waals surface area contributed by atoms with E-state index < -0.39 is 0 Å². The third-order valence-corrected chi connectivity index (χ3v) is 6.94. The van der Waals surface area contributed by atoms with Crippen LogP contribution in [0, 0.1) is 22.7 Å². The van der Waals surface area contributed by atoms with E-state index in [9.17, 15) is 4.79 Å². The molecular weight excluding hydrogens is 269 g/mol. The predicted molar refractivity (Wildman–Crippen MR) is 91.4 cm³/mol. The van der Waals surface area contributed by atoms with Gasteiger partial charge in [-0.05, 0) is 55.3 Å². The Bertz CT molecular complexity index is 426. The minimum absolute atomic E-state index is 0.187. The Morgan fingerprint density at radius 1 is 0.909 bits per heavy atom. The topological polar surface area (TPSA) is 20.3 Å². The monoisotopic (exact) mass is 301 g/mol. The fourth-order valence-corrected chi connectivity index (χ4v) is 5.57. The van der Waals surface area contributed by atoms with E-state index in [4.69, 9.17) is 7.98 Å². The van der Waals surface area contributed by atoms with Crippen LogP contribution in [-0.4, -0.2) is 25.2 Å². The molecule has 0 spiro atoms. The summed E-state index contributed by atoms with van der Waals surface area (Å²) < 4.78 is 0. The van der Waals surface area contributed by atoms with Gasteiger partial charge < -0.3 is 4.81 Å². The first-order valence-electron chi connectivity index (χ1n) is 9.47. The van der Waals surface area contributed by atoms with Crippen molar-refractivity contribution in [3.8, 4) is 0 Å². The number of carbonyl (C=O) groups excluding carboxylic acids is 1. The third-order valence-electron chi connectivity index (χ3n) is 6.94. The molecule has 2 radical (unpaired) electrons. The first-order chi connectivity index (χ1) is 10.4. The Morgan fingerprint density at radius 2 is 1.45 bits per heavy atom. The van der Waals surface area contributed by atoms with Crippen LogP contribution in [0.15, 0.2) is 0 Å². The van der Waals surface area contributed by atoms with E-state index in [2.05, 4.69) is 13.8 Å². The first kappa shape index (κ1) is 16.4. The highest BCUT2D eigenvalue weighted by molar-refractivity contribution is 6.15. The van der Waals surface area contributed by atoms with Crippen LogP contribution in [0.3, 0.4) is 0 Å². The summed E-state index contributed by atoms with van der Waals surface area (Å²) >= 11 is 0. The molecule has 3 fully saturated rings. The van der Waals surface area contributed by atoms with Gasteiger partial charge in [-0.3, -0.25) is 4.79 Å². The molecule has 2 nitrogen and oxygen atoms in total. The Kier molecular flexibility index (Phi) is 4.62. The second-order valence-electron chi connectivity index (χ2n) is 9.15. The van der Waals surface area contributed by atoms with E-state index in [-0.39, 0.29) is 11.8 Å². The molecule has 1 amide bonds. The molecule has 4 unspecified atom stereocenters. The van der Waals surface area contributed by atoms with Gasteiger partial charge in [0.25, 0.3) is 0 Å². The minimum atomic E-state index is 0.187. The summed E-state index contributed by atoms with van der Waals surface area (Å²) in [6.45, 7) is 5.71. The Hall–Kier alpha value is -0.465. The van der Waals surface area contributed by atoms with Crippen molar-refractivity contribution in [1.82, 2.24) is 4.81 Å². The highest BCUT2D eigenvalue weighted by atomic mass is 16.2. The van der Waals surface area contributed by atoms with Gasteiger partial charge >= 0.3 is 0 Å². The number of amides is 1. The summed E-state index contributed by atoms with van der Waals surface area (Å²) in [6.07, 6.45) is 14.3. The lowest BCUT2D eigenvalue weighted by Crippen LogP contribution is -2.29. The van der Waals surface area contributed by atoms with Crippen molar-refractivity contribution >= 4 is 13.9 Å². The Morgan fingerprint density at radius 3 is 2.09 bits per heavy atom. The van der Waals surface area contributed by atoms with Crippen LogP contribution < -0.4 is 0 Å². The normalized spacial score (nSPS) is 44.1. The van der Waals surface area contributed by atoms with Crippen LogP contribution in [0.4, 0.5) is 0 Å². The first-order valence-corrected chi connectivity index (χ1v) is 9.47. The van der Waals surface area contributed by atoms with Gasteiger partial charge in [0.2, 0.25) is 13.9 Å². The van der Waals surface area contributed by atoms with Gasteiger partial charge in [-0.2, -0.15) is 0 Å². The maximum Gasteiger partial charge on any atom is 0.230 e. The van der Waals surface area contributed by atoms with Crippen molar-refractivity contribution in [2.24, 2.45) is 22.7 Å². The lowest BCUT2D eigenvalue weighted by Gasteiger charge is -2.34. The molecule has 2 saturated carbocycles. The van der Waals surface area contributed by atoms with Crippen molar-refractivity contribution in [2.75, 3.05) is 6.54 Å². The predicted octanol–water partition coefficient (Wildman–Crippen LogP) is 4.48. The summed E-state index contributed by atoms with van der Waals surface area (Å²) in [5.41, 5.74) is 0.767. The summed E-state index contributed by atoms with van der Waals surface area (Å²) in [5, 5.41) is 0. The van der Waals surface area contributed by atoms with Gasteiger partial charge in [0.15, 0.2) is 0 Å². The number of fused-ring (bicyclic) bond motifs is 5. The molecule has 1 saturated heterocycles. The van der Waals surface area contributed by atoms with E-state index in [1.165, 1.54) is 69.0 Å². The quantitative estimate of drug-likeness (QED) is 0.604. The molecule has 0 aromatic carbocycles. The van der Waals surface area contributed by atoms with Gasteiger partial charge in [0.1, 0.15) is 0 Å². The van der Waals surface area contributed by atoms with Crippen LogP contribution in [0.2, 0.25) is 0 Å². The Labute approximate surface area is 137 Å². The number of nitrogens with zero attached hydrogens (tertiary/aromatic N) is 1. The standard InChI is InChI=1S/C19H32BNO/c1-18-8-5-3-4-6-9-19(2,11-7-10-18)13-16-15(12-18)14-21(20)17(16)22/h15-16H,3-14H2,1-2H3. The van der Waals surface area contributed by atoms with E-state index in [1.807, 2.05) is 0 Å². The summed E-state index contributed by atoms with van der Waals surface area (Å²) in [7, 11) is 6.00. The van der Waals surface area contributed by atoms with E-state index >= 15 is 0 Å². The molecule has 3 aliphatic rings. The largest absolute Gasteiger partial charge is 0.396 e. The van der Waals surface area contributed by atoms with E-state index in [1.54, 1.807) is 0 Å². The second-order valence-corrected chi connectivity index (χ2v) is 9.15. The lowest BCUT2D eigenvalue weighted by molar-refractivity contribution is -0.128. The van der Waals surface area contributed by atoms with Crippen molar-refractivity contribution in [2.45, 2.75) is 84.5 Å². The number of carbonyl (C=O) groups is 1. The lowest BCUT2D eigenvalue weighted by atomic mass is 9.70. The van der Waals surface area contributed by atoms with Crippen molar-refractivity contribution in [1.29, 1.82) is 0 Å². The van der Waals surface area contributed by atoms with Gasteiger partial charge in [-0.1, -0.05) is 46.0 Å². The molecule has 0 aromatic heterocycles. The van der Waals surface area contributed by atoms with Crippen molar-refractivity contribution in [3.63, 3.8) is 0 Å². The maximum atomic E-state index is 12.6. The fourth-order valence-electron chi connectivity index (χ4n) is 5.57. The zero-order chi connectivity index (χ0) is 15.8. The minimum Gasteiger partial charge on any atom is -0.396 e. The van der Waals surface area contributed by atoms with Gasteiger partial charge in [-0.15, -0.1) is 0 Å². The van der Waals surface area contributed by atoms with Crippen LogP contribution in [-0.2, 0) is 4.79 Å². The molecule has 0 aromatic rings. The molecule has 2 aliphatic carbocycles. The zero-order valence-electron chi connectivity index (χ0n) is 14.6. The van der Waals surface area contributed by atoms with E-state index in [0.717, 1.165) is 13.0 Å².